The molecule has 23 heavy (non-hydrogen) atoms. The lowest BCUT2D eigenvalue weighted by Gasteiger charge is -2.31. The SMILES string of the molecule is C=CCCCN(C)C(=NC)NCCCN(C)C1CCCCC1.I. The van der Waals surface area contributed by atoms with E-state index in [0.29, 0.717) is 0 Å². The predicted molar refractivity (Wildman–Crippen MR) is 113 cm³/mol. The van der Waals surface area contributed by atoms with E-state index in [-0.39, 0.29) is 24.0 Å². The van der Waals surface area contributed by atoms with Crippen LogP contribution in [0.25, 0.3) is 0 Å². The minimum atomic E-state index is 0. The van der Waals surface area contributed by atoms with Crippen molar-refractivity contribution in [2.45, 2.75) is 57.4 Å². The Balaban J connectivity index is 0.00000484. The monoisotopic (exact) mass is 436 g/mol. The molecule has 0 unspecified atom stereocenters. The second kappa shape index (κ2) is 14.1. The molecule has 5 heteroatoms. The molecule has 1 rings (SSSR count). The zero-order chi connectivity index (χ0) is 16.2. The van der Waals surface area contributed by atoms with Crippen molar-refractivity contribution in [1.29, 1.82) is 0 Å². The summed E-state index contributed by atoms with van der Waals surface area (Å²) in [6.07, 6.45) is 12.4. The molecule has 1 saturated carbocycles. The number of hydrogen-bond donors (Lipinski definition) is 1. The van der Waals surface area contributed by atoms with Gasteiger partial charge in [0.2, 0.25) is 0 Å². The fraction of sp³-hybridized carbons (Fsp3) is 0.833. The number of nitrogens with zero attached hydrogens (tertiary/aromatic N) is 3. The third-order valence-electron chi connectivity index (χ3n) is 4.64. The predicted octanol–water partition coefficient (Wildman–Crippen LogP) is 3.73. The summed E-state index contributed by atoms with van der Waals surface area (Å²) in [6, 6.07) is 0.814. The summed E-state index contributed by atoms with van der Waals surface area (Å²) in [5.74, 6) is 1.00. The Hall–Kier alpha value is -0.300. The molecule has 0 aromatic rings. The van der Waals surface area contributed by atoms with Gasteiger partial charge in [0.15, 0.2) is 5.96 Å². The lowest BCUT2D eigenvalue weighted by atomic mass is 9.94. The summed E-state index contributed by atoms with van der Waals surface area (Å²) in [5, 5.41) is 3.48. The first-order valence-corrected chi connectivity index (χ1v) is 8.92. The maximum atomic E-state index is 4.37. The highest BCUT2D eigenvalue weighted by Gasteiger charge is 2.17. The molecule has 0 heterocycles. The second-order valence-electron chi connectivity index (χ2n) is 6.45. The Morgan fingerprint density at radius 2 is 1.87 bits per heavy atom. The van der Waals surface area contributed by atoms with Crippen LogP contribution < -0.4 is 5.32 Å². The van der Waals surface area contributed by atoms with Crippen LogP contribution in [0.2, 0.25) is 0 Å². The lowest BCUT2D eigenvalue weighted by Crippen LogP contribution is -2.41. The number of hydrogen-bond acceptors (Lipinski definition) is 2. The van der Waals surface area contributed by atoms with E-state index in [1.165, 1.54) is 45.1 Å². The highest BCUT2D eigenvalue weighted by atomic mass is 127. The Morgan fingerprint density at radius 1 is 1.17 bits per heavy atom. The number of guanidine groups is 1. The summed E-state index contributed by atoms with van der Waals surface area (Å²) in [4.78, 5) is 9.12. The topological polar surface area (TPSA) is 30.9 Å². The highest BCUT2D eigenvalue weighted by Crippen LogP contribution is 2.21. The van der Waals surface area contributed by atoms with Gasteiger partial charge < -0.3 is 15.1 Å². The maximum absolute atomic E-state index is 4.37. The third-order valence-corrected chi connectivity index (χ3v) is 4.64. The van der Waals surface area contributed by atoms with Crippen LogP contribution in [0.3, 0.4) is 0 Å². The summed E-state index contributed by atoms with van der Waals surface area (Å²) < 4.78 is 0. The molecule has 0 bridgehead atoms. The van der Waals surface area contributed by atoms with Crippen LogP contribution >= 0.6 is 24.0 Å². The van der Waals surface area contributed by atoms with Gasteiger partial charge in [-0.1, -0.05) is 25.3 Å². The summed E-state index contributed by atoms with van der Waals surface area (Å²) in [6.45, 7) is 6.96. The van der Waals surface area contributed by atoms with Crippen LogP contribution in [0.4, 0.5) is 0 Å². The van der Waals surface area contributed by atoms with E-state index >= 15 is 0 Å². The fourth-order valence-corrected chi connectivity index (χ4v) is 3.20. The van der Waals surface area contributed by atoms with Crippen molar-refractivity contribution in [3.63, 3.8) is 0 Å². The van der Waals surface area contributed by atoms with Gasteiger partial charge in [-0.2, -0.15) is 0 Å². The van der Waals surface area contributed by atoms with E-state index < -0.39 is 0 Å². The Morgan fingerprint density at radius 3 is 2.48 bits per heavy atom. The van der Waals surface area contributed by atoms with Crippen LogP contribution in [-0.2, 0) is 0 Å². The van der Waals surface area contributed by atoms with E-state index in [1.807, 2.05) is 13.1 Å². The fourth-order valence-electron chi connectivity index (χ4n) is 3.20. The first-order valence-electron chi connectivity index (χ1n) is 8.92. The number of halogens is 1. The molecule has 0 aromatic carbocycles. The smallest absolute Gasteiger partial charge is 0.193 e. The molecule has 0 spiro atoms. The highest BCUT2D eigenvalue weighted by molar-refractivity contribution is 14.0. The third kappa shape index (κ3) is 9.55. The molecule has 1 aliphatic carbocycles. The minimum absolute atomic E-state index is 0. The van der Waals surface area contributed by atoms with Crippen molar-refractivity contribution < 1.29 is 0 Å². The van der Waals surface area contributed by atoms with E-state index in [0.717, 1.165) is 37.9 Å². The zero-order valence-electron chi connectivity index (χ0n) is 15.4. The van der Waals surface area contributed by atoms with E-state index in [2.05, 4.69) is 40.8 Å². The quantitative estimate of drug-likeness (QED) is 0.197. The van der Waals surface area contributed by atoms with Gasteiger partial charge in [-0.15, -0.1) is 30.6 Å². The summed E-state index contributed by atoms with van der Waals surface area (Å²) in [7, 11) is 6.25. The van der Waals surface area contributed by atoms with Crippen molar-refractivity contribution in [3.8, 4) is 0 Å². The molecule has 1 N–H and O–H groups in total. The molecule has 136 valence electrons. The minimum Gasteiger partial charge on any atom is -0.356 e. The first kappa shape index (κ1) is 22.7. The molecule has 0 saturated heterocycles. The van der Waals surface area contributed by atoms with Gasteiger partial charge in [-0.05, 0) is 45.7 Å². The standard InChI is InChI=1S/C18H36N4.HI/c1-5-6-10-15-22(4)18(19-2)20-14-11-16-21(3)17-12-8-7-9-13-17;/h5,17H,1,6-16H2,2-4H3,(H,19,20);1H. The number of rotatable bonds is 9. The van der Waals surface area contributed by atoms with Crippen molar-refractivity contribution >= 4 is 29.9 Å². The van der Waals surface area contributed by atoms with E-state index in [1.54, 1.807) is 0 Å². The van der Waals surface area contributed by atoms with Crippen LogP contribution in [0, 0.1) is 0 Å². The molecule has 0 aromatic heterocycles. The van der Waals surface area contributed by atoms with Crippen molar-refractivity contribution in [3.05, 3.63) is 12.7 Å². The van der Waals surface area contributed by atoms with Crippen molar-refractivity contribution in [1.82, 2.24) is 15.1 Å². The lowest BCUT2D eigenvalue weighted by molar-refractivity contribution is 0.190. The van der Waals surface area contributed by atoms with Gasteiger partial charge in [0, 0.05) is 33.2 Å². The van der Waals surface area contributed by atoms with Crippen molar-refractivity contribution in [2.75, 3.05) is 40.8 Å². The van der Waals surface area contributed by atoms with Gasteiger partial charge in [-0.3, -0.25) is 4.99 Å². The average Bonchev–Trinajstić information content (AvgIpc) is 2.55. The molecule has 4 nitrogen and oxygen atoms in total. The summed E-state index contributed by atoms with van der Waals surface area (Å²) >= 11 is 0. The van der Waals surface area contributed by atoms with Crippen LogP contribution in [0.15, 0.2) is 17.6 Å². The van der Waals surface area contributed by atoms with Gasteiger partial charge >= 0.3 is 0 Å². The van der Waals surface area contributed by atoms with Gasteiger partial charge in [0.05, 0.1) is 0 Å². The van der Waals surface area contributed by atoms with E-state index in [9.17, 15) is 0 Å². The first-order chi connectivity index (χ1) is 10.7. The second-order valence-corrected chi connectivity index (χ2v) is 6.45. The Labute approximate surface area is 160 Å². The van der Waals surface area contributed by atoms with Gasteiger partial charge in [0.1, 0.15) is 0 Å². The molecular weight excluding hydrogens is 399 g/mol. The van der Waals surface area contributed by atoms with Crippen molar-refractivity contribution in [2.24, 2.45) is 4.99 Å². The molecular formula is C18H37IN4. The van der Waals surface area contributed by atoms with Crippen LogP contribution in [0.1, 0.15) is 51.4 Å². The van der Waals surface area contributed by atoms with E-state index in [4.69, 9.17) is 0 Å². The number of aliphatic imine (C=N–C) groups is 1. The number of unbranched alkanes of at least 4 members (excludes halogenated alkanes) is 1. The van der Waals surface area contributed by atoms with Gasteiger partial charge in [-0.25, -0.2) is 0 Å². The largest absolute Gasteiger partial charge is 0.356 e. The molecule has 0 radical (unpaired) electrons. The maximum Gasteiger partial charge on any atom is 0.193 e. The average molecular weight is 436 g/mol. The molecule has 1 fully saturated rings. The molecule has 0 atom stereocenters. The molecule has 0 amide bonds. The van der Waals surface area contributed by atoms with Crippen LogP contribution in [0.5, 0.6) is 0 Å². The molecule has 0 aliphatic heterocycles. The van der Waals surface area contributed by atoms with Gasteiger partial charge in [0.25, 0.3) is 0 Å². The number of allylic oxidation sites excluding steroid dienone is 1. The Bertz CT molecular complexity index is 327. The number of nitrogens with one attached hydrogen (secondary N) is 1. The van der Waals surface area contributed by atoms with Crippen LogP contribution in [-0.4, -0.2) is 62.6 Å². The molecule has 1 aliphatic rings. The Kier molecular flexibility index (Phi) is 13.9. The zero-order valence-corrected chi connectivity index (χ0v) is 17.7. The summed E-state index contributed by atoms with van der Waals surface area (Å²) in [5.41, 5.74) is 0. The normalized spacial score (nSPS) is 16.1.